The Balaban J connectivity index is 2.36. The Kier molecular flexibility index (Phi) is 5.36. The smallest absolute Gasteiger partial charge is 0.336 e. The van der Waals surface area contributed by atoms with Crippen LogP contribution in [0.1, 0.15) is 48.2 Å². The second-order valence-electron chi connectivity index (χ2n) is 5.73. The number of rotatable bonds is 4. The molecule has 1 heterocycles. The molecule has 1 aromatic rings. The van der Waals surface area contributed by atoms with E-state index in [1.807, 2.05) is 19.9 Å². The van der Waals surface area contributed by atoms with Gasteiger partial charge in [-0.15, -0.1) is 11.8 Å². The zero-order valence-corrected chi connectivity index (χ0v) is 14.5. The second-order valence-corrected chi connectivity index (χ2v) is 6.84. The Morgan fingerprint density at radius 3 is 2.57 bits per heavy atom. The van der Waals surface area contributed by atoms with Crippen LogP contribution in [0.4, 0.5) is 5.69 Å². The molecule has 23 heavy (non-hydrogen) atoms. The van der Waals surface area contributed by atoms with Gasteiger partial charge in [0.1, 0.15) is 10.7 Å². The number of carboxylic acids is 1. The quantitative estimate of drug-likeness (QED) is 0.876. The molecule has 0 radical (unpaired) electrons. The van der Waals surface area contributed by atoms with Gasteiger partial charge in [0.25, 0.3) is 5.91 Å². The number of thioether (sulfide) groups is 1. The summed E-state index contributed by atoms with van der Waals surface area (Å²) in [5, 5.41) is 12.2. The van der Waals surface area contributed by atoms with Gasteiger partial charge >= 0.3 is 5.97 Å². The first kappa shape index (κ1) is 17.4. The molecule has 1 aromatic carbocycles. The lowest BCUT2D eigenvalue weighted by molar-refractivity contribution is -0.112. The maximum atomic E-state index is 12.4. The van der Waals surface area contributed by atoms with Crippen molar-refractivity contribution in [1.82, 2.24) is 0 Å². The van der Waals surface area contributed by atoms with E-state index in [1.54, 1.807) is 13.8 Å². The number of ether oxygens (including phenoxy) is 1. The van der Waals surface area contributed by atoms with Crippen LogP contribution in [-0.4, -0.2) is 29.3 Å². The van der Waals surface area contributed by atoms with Gasteiger partial charge in [-0.2, -0.15) is 0 Å². The Bertz CT molecular complexity index is 679. The lowest BCUT2D eigenvalue weighted by Gasteiger charge is -2.19. The number of anilines is 1. The zero-order valence-electron chi connectivity index (χ0n) is 13.7. The van der Waals surface area contributed by atoms with E-state index in [0.29, 0.717) is 23.0 Å². The molecular weight excluding hydrogens is 314 g/mol. The van der Waals surface area contributed by atoms with Gasteiger partial charge in [-0.3, -0.25) is 4.79 Å². The van der Waals surface area contributed by atoms with E-state index >= 15 is 0 Å². The van der Waals surface area contributed by atoms with E-state index in [-0.39, 0.29) is 17.4 Å². The van der Waals surface area contributed by atoms with Crippen LogP contribution in [0.15, 0.2) is 22.8 Å². The second kappa shape index (κ2) is 7.08. The third-order valence-corrected chi connectivity index (χ3v) is 4.86. The van der Waals surface area contributed by atoms with Crippen molar-refractivity contribution >= 4 is 29.3 Å². The number of benzene rings is 1. The van der Waals surface area contributed by atoms with Crippen molar-refractivity contribution in [2.24, 2.45) is 0 Å². The molecule has 0 bridgehead atoms. The number of amides is 1. The molecule has 0 aliphatic carbocycles. The molecule has 0 saturated heterocycles. The monoisotopic (exact) mass is 335 g/mol. The molecule has 2 N–H and O–H groups in total. The average molecular weight is 335 g/mol. The predicted molar refractivity (Wildman–Crippen MR) is 92.0 cm³/mol. The molecule has 0 unspecified atom stereocenters. The van der Waals surface area contributed by atoms with Crippen LogP contribution in [0, 0.1) is 6.92 Å². The summed E-state index contributed by atoms with van der Waals surface area (Å²) < 4.78 is 5.40. The van der Waals surface area contributed by atoms with Gasteiger partial charge in [-0.05, 0) is 43.0 Å². The minimum atomic E-state index is -0.994. The van der Waals surface area contributed by atoms with Crippen LogP contribution in [0.3, 0.4) is 0 Å². The highest BCUT2D eigenvalue weighted by Crippen LogP contribution is 2.29. The number of carbonyl (C=O) groups excluding carboxylic acids is 1. The average Bonchev–Trinajstić information content (AvgIpc) is 2.48. The summed E-state index contributed by atoms with van der Waals surface area (Å²) in [5.41, 5.74) is 2.35. The highest BCUT2D eigenvalue weighted by atomic mass is 32.2. The Morgan fingerprint density at radius 2 is 2.00 bits per heavy atom. The molecule has 0 saturated carbocycles. The van der Waals surface area contributed by atoms with Crippen molar-refractivity contribution in [2.45, 2.75) is 33.6 Å². The highest BCUT2D eigenvalue weighted by Gasteiger charge is 2.21. The molecule has 1 aliphatic heterocycles. The van der Waals surface area contributed by atoms with Crippen LogP contribution < -0.4 is 5.32 Å². The van der Waals surface area contributed by atoms with E-state index in [2.05, 4.69) is 5.32 Å². The molecule has 1 aliphatic rings. The SMILES string of the molecule is CC1=C(C(=O)Nc2cc(C(=O)O)c(C)c(C(C)C)c2)SCCO1. The van der Waals surface area contributed by atoms with Crippen molar-refractivity contribution < 1.29 is 19.4 Å². The lowest BCUT2D eigenvalue weighted by Crippen LogP contribution is -2.19. The largest absolute Gasteiger partial charge is 0.496 e. The van der Waals surface area contributed by atoms with Gasteiger partial charge in [0.05, 0.1) is 12.2 Å². The van der Waals surface area contributed by atoms with Gasteiger partial charge in [0.15, 0.2) is 0 Å². The summed E-state index contributed by atoms with van der Waals surface area (Å²) >= 11 is 1.45. The lowest BCUT2D eigenvalue weighted by atomic mass is 9.93. The molecule has 0 fully saturated rings. The first-order valence-electron chi connectivity index (χ1n) is 7.47. The number of hydrogen-bond donors (Lipinski definition) is 2. The van der Waals surface area contributed by atoms with E-state index < -0.39 is 5.97 Å². The molecule has 6 heteroatoms. The zero-order chi connectivity index (χ0) is 17.1. The number of carboxylic acid groups (broad SMARTS) is 1. The van der Waals surface area contributed by atoms with E-state index in [9.17, 15) is 14.7 Å². The molecule has 2 rings (SSSR count). The molecule has 0 aromatic heterocycles. The van der Waals surface area contributed by atoms with E-state index in [4.69, 9.17) is 4.74 Å². The summed E-state index contributed by atoms with van der Waals surface area (Å²) in [6.45, 7) is 8.15. The first-order chi connectivity index (χ1) is 10.8. The molecule has 124 valence electrons. The fourth-order valence-electron chi connectivity index (χ4n) is 2.55. The van der Waals surface area contributed by atoms with Crippen LogP contribution >= 0.6 is 11.8 Å². The molecule has 1 amide bonds. The van der Waals surface area contributed by atoms with Crippen LogP contribution in [0.25, 0.3) is 0 Å². The third kappa shape index (κ3) is 3.88. The van der Waals surface area contributed by atoms with Crippen LogP contribution in [0.2, 0.25) is 0 Å². The standard InChI is InChI=1S/C17H21NO4S/c1-9(2)13-7-12(8-14(10(13)3)17(20)21)18-16(19)15-11(4)22-5-6-23-15/h7-9H,5-6H2,1-4H3,(H,18,19)(H,20,21). The topological polar surface area (TPSA) is 75.6 Å². The minimum Gasteiger partial charge on any atom is -0.496 e. The van der Waals surface area contributed by atoms with Gasteiger partial charge < -0.3 is 15.2 Å². The number of allylic oxidation sites excluding steroid dienone is 1. The van der Waals surface area contributed by atoms with E-state index in [0.717, 1.165) is 16.9 Å². The fourth-order valence-corrected chi connectivity index (χ4v) is 3.36. The van der Waals surface area contributed by atoms with Crippen LogP contribution in [0.5, 0.6) is 0 Å². The molecular formula is C17H21NO4S. The minimum absolute atomic E-state index is 0.165. The Hall–Kier alpha value is -1.95. The summed E-state index contributed by atoms with van der Waals surface area (Å²) in [6, 6.07) is 3.35. The van der Waals surface area contributed by atoms with Gasteiger partial charge in [-0.1, -0.05) is 13.8 Å². The van der Waals surface area contributed by atoms with Gasteiger partial charge in [-0.25, -0.2) is 4.79 Å². The highest BCUT2D eigenvalue weighted by molar-refractivity contribution is 8.04. The molecule has 0 atom stereocenters. The normalized spacial score (nSPS) is 14.7. The van der Waals surface area contributed by atoms with Gasteiger partial charge in [0, 0.05) is 11.4 Å². The predicted octanol–water partition coefficient (Wildman–Crippen LogP) is 3.75. The number of carbonyl (C=O) groups is 2. The maximum absolute atomic E-state index is 12.4. The summed E-state index contributed by atoms with van der Waals surface area (Å²) in [6.07, 6.45) is 0. The molecule has 5 nitrogen and oxygen atoms in total. The molecule has 0 spiro atoms. The number of nitrogens with one attached hydrogen (secondary N) is 1. The Morgan fingerprint density at radius 1 is 1.30 bits per heavy atom. The van der Waals surface area contributed by atoms with Crippen molar-refractivity contribution in [3.63, 3.8) is 0 Å². The van der Waals surface area contributed by atoms with Gasteiger partial charge in [0.2, 0.25) is 0 Å². The van der Waals surface area contributed by atoms with Crippen molar-refractivity contribution in [3.8, 4) is 0 Å². The van der Waals surface area contributed by atoms with E-state index in [1.165, 1.54) is 17.8 Å². The first-order valence-corrected chi connectivity index (χ1v) is 8.45. The number of hydrogen-bond acceptors (Lipinski definition) is 4. The van der Waals surface area contributed by atoms with Crippen LogP contribution in [-0.2, 0) is 9.53 Å². The van der Waals surface area contributed by atoms with Crippen molar-refractivity contribution in [2.75, 3.05) is 17.7 Å². The Labute approximate surface area is 140 Å². The third-order valence-electron chi connectivity index (χ3n) is 3.73. The van der Waals surface area contributed by atoms with Crippen molar-refractivity contribution in [3.05, 3.63) is 39.5 Å². The fraction of sp³-hybridized carbons (Fsp3) is 0.412. The number of aromatic carboxylic acids is 1. The summed E-state index contributed by atoms with van der Waals surface area (Å²) in [4.78, 5) is 24.4. The maximum Gasteiger partial charge on any atom is 0.336 e. The summed E-state index contributed by atoms with van der Waals surface area (Å²) in [7, 11) is 0. The summed E-state index contributed by atoms with van der Waals surface area (Å²) in [5.74, 6) is 0.242. The van der Waals surface area contributed by atoms with Crippen molar-refractivity contribution in [1.29, 1.82) is 0 Å².